The number of aryl methyl sites for hydroxylation is 1. The maximum Gasteiger partial charge on any atom is 0.309 e. The molecule has 1 saturated heterocycles. The number of aliphatic carboxylic acids is 1. The molecule has 0 spiro atoms. The number of carbonyl (C=O) groups excluding carboxylic acids is 1. The van der Waals surface area contributed by atoms with Crippen molar-refractivity contribution in [2.45, 2.75) is 39.5 Å². The molecule has 0 saturated carbocycles. The molecule has 1 aromatic heterocycles. The highest BCUT2D eigenvalue weighted by Gasteiger charge is 2.40. The smallest absolute Gasteiger partial charge is 0.309 e. The molecule has 1 N–H and O–H groups in total. The maximum absolute atomic E-state index is 12.2. The molecule has 0 radical (unpaired) electrons. The van der Waals surface area contributed by atoms with E-state index in [4.69, 9.17) is 0 Å². The van der Waals surface area contributed by atoms with E-state index >= 15 is 0 Å². The summed E-state index contributed by atoms with van der Waals surface area (Å²) in [6, 6.07) is 0. The molecule has 1 aromatic rings. The van der Waals surface area contributed by atoms with Crippen molar-refractivity contribution >= 4 is 23.2 Å². The molecule has 1 fully saturated rings. The summed E-state index contributed by atoms with van der Waals surface area (Å²) in [4.78, 5) is 29.6. The molecule has 6 heteroatoms. The van der Waals surface area contributed by atoms with Crippen molar-refractivity contribution in [3.63, 3.8) is 0 Å². The van der Waals surface area contributed by atoms with Crippen molar-refractivity contribution in [1.82, 2.24) is 9.88 Å². The van der Waals surface area contributed by atoms with Crippen molar-refractivity contribution in [1.29, 1.82) is 0 Å². The molecule has 0 aromatic carbocycles. The normalized spacial score (nSPS) is 18.0. The molecular formula is C14H20N2O3S. The second-order valence-corrected chi connectivity index (χ2v) is 6.42. The topological polar surface area (TPSA) is 70.5 Å². The average molecular weight is 296 g/mol. The maximum atomic E-state index is 12.2. The summed E-state index contributed by atoms with van der Waals surface area (Å²) >= 11 is 1.54. The van der Waals surface area contributed by atoms with E-state index in [0.29, 0.717) is 38.8 Å². The molecule has 2 heterocycles. The summed E-state index contributed by atoms with van der Waals surface area (Å²) in [6.45, 7) is 4.88. The van der Waals surface area contributed by atoms with E-state index in [1.165, 1.54) is 0 Å². The van der Waals surface area contributed by atoms with Gasteiger partial charge in [-0.3, -0.25) is 9.59 Å². The first-order valence-corrected chi connectivity index (χ1v) is 7.77. The number of thiazole rings is 1. The predicted octanol–water partition coefficient (Wildman–Crippen LogP) is 2.10. The molecule has 1 amide bonds. The Morgan fingerprint density at radius 2 is 2.10 bits per heavy atom. The van der Waals surface area contributed by atoms with E-state index in [1.54, 1.807) is 16.2 Å². The number of hydrogen-bond acceptors (Lipinski definition) is 4. The fraction of sp³-hybridized carbons (Fsp3) is 0.643. The van der Waals surface area contributed by atoms with Crippen LogP contribution in [0.15, 0.2) is 5.38 Å². The summed E-state index contributed by atoms with van der Waals surface area (Å²) in [5.74, 6) is -0.687. The fourth-order valence-corrected chi connectivity index (χ4v) is 3.27. The molecule has 1 aliphatic heterocycles. The minimum atomic E-state index is -0.734. The molecule has 110 valence electrons. The lowest BCUT2D eigenvalue weighted by molar-refractivity contribution is -0.154. The van der Waals surface area contributed by atoms with E-state index in [9.17, 15) is 14.7 Å². The number of amides is 1. The van der Waals surface area contributed by atoms with Gasteiger partial charge in [-0.1, -0.05) is 6.92 Å². The number of nitrogens with zero attached hydrogens (tertiary/aromatic N) is 2. The van der Waals surface area contributed by atoms with Crippen molar-refractivity contribution in [2.75, 3.05) is 13.1 Å². The molecule has 0 atom stereocenters. The molecule has 1 aliphatic rings. The van der Waals surface area contributed by atoms with E-state index in [2.05, 4.69) is 4.98 Å². The molecule has 0 unspecified atom stereocenters. The van der Waals surface area contributed by atoms with Gasteiger partial charge in [-0.15, -0.1) is 11.3 Å². The summed E-state index contributed by atoms with van der Waals surface area (Å²) in [7, 11) is 0. The largest absolute Gasteiger partial charge is 0.481 e. The lowest BCUT2D eigenvalue weighted by Gasteiger charge is -2.38. The van der Waals surface area contributed by atoms with Gasteiger partial charge in [-0.05, 0) is 26.2 Å². The first-order chi connectivity index (χ1) is 9.47. The number of carboxylic acid groups (broad SMARTS) is 1. The number of rotatable bonds is 4. The minimum absolute atomic E-state index is 0.0467. The quantitative estimate of drug-likeness (QED) is 0.923. The fourth-order valence-electron chi connectivity index (χ4n) is 2.66. The molecular weight excluding hydrogens is 276 g/mol. The highest BCUT2D eigenvalue weighted by molar-refractivity contribution is 7.09. The Hall–Kier alpha value is -1.43. The van der Waals surface area contributed by atoms with Gasteiger partial charge in [0.1, 0.15) is 0 Å². The number of piperidine rings is 1. The summed E-state index contributed by atoms with van der Waals surface area (Å²) < 4.78 is 0. The standard InChI is InChI=1S/C14H20N2O3S/c1-3-14(13(18)19)4-6-16(7-5-14)12(17)8-11-9-20-10(2)15-11/h9H,3-8H2,1-2H3,(H,18,19). The van der Waals surface area contributed by atoms with Gasteiger partial charge in [-0.2, -0.15) is 0 Å². The SMILES string of the molecule is CCC1(C(=O)O)CCN(C(=O)Cc2csc(C)n2)CC1. The van der Waals surface area contributed by atoms with Crippen molar-refractivity contribution in [3.05, 3.63) is 16.1 Å². The number of hydrogen-bond donors (Lipinski definition) is 1. The molecule has 5 nitrogen and oxygen atoms in total. The highest BCUT2D eigenvalue weighted by atomic mass is 32.1. The third kappa shape index (κ3) is 3.00. The zero-order valence-electron chi connectivity index (χ0n) is 11.9. The van der Waals surface area contributed by atoms with E-state index in [0.717, 1.165) is 10.7 Å². The lowest BCUT2D eigenvalue weighted by Crippen LogP contribution is -2.46. The van der Waals surface area contributed by atoms with Crippen LogP contribution >= 0.6 is 11.3 Å². The van der Waals surface area contributed by atoms with Crippen LogP contribution in [0.2, 0.25) is 0 Å². The van der Waals surface area contributed by atoms with Crippen LogP contribution in [0.5, 0.6) is 0 Å². The van der Waals surface area contributed by atoms with Gasteiger partial charge in [0.25, 0.3) is 0 Å². The van der Waals surface area contributed by atoms with Crippen LogP contribution in [0, 0.1) is 12.3 Å². The zero-order chi connectivity index (χ0) is 14.8. The summed E-state index contributed by atoms with van der Waals surface area (Å²) in [5, 5.41) is 12.2. The Morgan fingerprint density at radius 3 is 2.55 bits per heavy atom. The van der Waals surface area contributed by atoms with Crippen molar-refractivity contribution < 1.29 is 14.7 Å². The monoisotopic (exact) mass is 296 g/mol. The van der Waals surface area contributed by atoms with Crippen LogP contribution in [-0.2, 0) is 16.0 Å². The van der Waals surface area contributed by atoms with Gasteiger partial charge >= 0.3 is 5.97 Å². The summed E-state index contributed by atoms with van der Waals surface area (Å²) in [6.07, 6.45) is 2.02. The first kappa shape index (κ1) is 15.0. The summed E-state index contributed by atoms with van der Waals surface area (Å²) in [5.41, 5.74) is 0.164. The number of likely N-dealkylation sites (tertiary alicyclic amines) is 1. The number of aromatic nitrogens is 1. The van der Waals surface area contributed by atoms with Gasteiger partial charge < -0.3 is 10.0 Å². The van der Waals surface area contributed by atoms with Crippen LogP contribution in [0.3, 0.4) is 0 Å². The number of carboxylic acids is 1. The van der Waals surface area contributed by atoms with Crippen molar-refractivity contribution in [2.24, 2.45) is 5.41 Å². The van der Waals surface area contributed by atoms with Gasteiger partial charge in [0, 0.05) is 18.5 Å². The highest BCUT2D eigenvalue weighted by Crippen LogP contribution is 2.35. The van der Waals surface area contributed by atoms with Crippen LogP contribution in [0.1, 0.15) is 36.9 Å². The Bertz CT molecular complexity index is 504. The Kier molecular flexibility index (Phi) is 4.42. The van der Waals surface area contributed by atoms with Crippen molar-refractivity contribution in [3.8, 4) is 0 Å². The van der Waals surface area contributed by atoms with Gasteiger partial charge in [0.15, 0.2) is 0 Å². The van der Waals surface area contributed by atoms with Crippen LogP contribution in [0.4, 0.5) is 0 Å². The predicted molar refractivity (Wildman–Crippen MR) is 76.7 cm³/mol. The minimum Gasteiger partial charge on any atom is -0.481 e. The molecule has 20 heavy (non-hydrogen) atoms. The first-order valence-electron chi connectivity index (χ1n) is 6.89. The van der Waals surface area contributed by atoms with E-state index in [-0.39, 0.29) is 5.91 Å². The molecule has 0 bridgehead atoms. The van der Waals surface area contributed by atoms with Gasteiger partial charge in [0.2, 0.25) is 5.91 Å². The van der Waals surface area contributed by atoms with Crippen LogP contribution in [0.25, 0.3) is 0 Å². The Labute approximate surface area is 122 Å². The van der Waals surface area contributed by atoms with Crippen LogP contribution in [-0.4, -0.2) is 40.0 Å². The Morgan fingerprint density at radius 1 is 1.45 bits per heavy atom. The third-order valence-corrected chi connectivity index (χ3v) is 5.02. The Balaban J connectivity index is 1.93. The van der Waals surface area contributed by atoms with Gasteiger partial charge in [-0.25, -0.2) is 4.98 Å². The second kappa shape index (κ2) is 5.91. The van der Waals surface area contributed by atoms with E-state index < -0.39 is 11.4 Å². The lowest BCUT2D eigenvalue weighted by atomic mass is 9.76. The zero-order valence-corrected chi connectivity index (χ0v) is 12.7. The average Bonchev–Trinajstić information content (AvgIpc) is 2.84. The number of carbonyl (C=O) groups is 2. The van der Waals surface area contributed by atoms with Gasteiger partial charge in [0.05, 0.1) is 22.5 Å². The third-order valence-electron chi connectivity index (χ3n) is 4.20. The second-order valence-electron chi connectivity index (χ2n) is 5.35. The van der Waals surface area contributed by atoms with E-state index in [1.807, 2.05) is 19.2 Å². The van der Waals surface area contributed by atoms with Crippen LogP contribution < -0.4 is 0 Å². The molecule has 2 rings (SSSR count). The molecule has 0 aliphatic carbocycles.